The molecule has 0 aliphatic heterocycles. The monoisotopic (exact) mass is 583 g/mol. The van der Waals surface area contributed by atoms with Gasteiger partial charge in [-0.25, -0.2) is 8.42 Å². The van der Waals surface area contributed by atoms with E-state index in [1.165, 1.54) is 4.90 Å². The summed E-state index contributed by atoms with van der Waals surface area (Å²) >= 11 is 12.3. The highest BCUT2D eigenvalue weighted by molar-refractivity contribution is 7.92. The molecular formula is C27H35Cl2N3O5S. The van der Waals surface area contributed by atoms with Gasteiger partial charge in [-0.2, -0.15) is 0 Å². The van der Waals surface area contributed by atoms with Gasteiger partial charge in [-0.15, -0.1) is 0 Å². The fourth-order valence-electron chi connectivity index (χ4n) is 4.52. The van der Waals surface area contributed by atoms with Crippen LogP contribution in [0.2, 0.25) is 10.0 Å². The summed E-state index contributed by atoms with van der Waals surface area (Å²) in [6.45, 7) is 3.29. The molecular weight excluding hydrogens is 549 g/mol. The Morgan fingerprint density at radius 3 is 2.39 bits per heavy atom. The molecule has 1 fully saturated rings. The minimum atomic E-state index is -3.87. The number of hydrogen-bond donors (Lipinski definition) is 1. The summed E-state index contributed by atoms with van der Waals surface area (Å²) in [5.41, 5.74) is 0.907. The molecule has 2 aromatic rings. The van der Waals surface area contributed by atoms with Crippen LogP contribution in [-0.4, -0.2) is 56.6 Å². The van der Waals surface area contributed by atoms with Crippen LogP contribution in [0.1, 0.15) is 51.5 Å². The summed E-state index contributed by atoms with van der Waals surface area (Å²) in [5, 5.41) is 3.76. The van der Waals surface area contributed by atoms with Crippen molar-refractivity contribution in [1.82, 2.24) is 10.2 Å². The number of nitrogens with zero attached hydrogens (tertiary/aromatic N) is 2. The number of halogens is 2. The summed E-state index contributed by atoms with van der Waals surface area (Å²) in [7, 11) is -3.87. The molecule has 38 heavy (non-hydrogen) atoms. The summed E-state index contributed by atoms with van der Waals surface area (Å²) in [4.78, 5) is 28.4. The lowest BCUT2D eigenvalue weighted by molar-refractivity contribution is -0.139. The molecule has 0 spiro atoms. The van der Waals surface area contributed by atoms with Crippen LogP contribution in [0.25, 0.3) is 0 Å². The van der Waals surface area contributed by atoms with E-state index in [1.807, 2.05) is 0 Å². The molecule has 8 nitrogen and oxygen atoms in total. The zero-order valence-corrected chi connectivity index (χ0v) is 24.3. The zero-order chi connectivity index (χ0) is 27.9. The minimum absolute atomic E-state index is 0.0414. The van der Waals surface area contributed by atoms with Gasteiger partial charge in [-0.1, -0.05) is 60.7 Å². The molecule has 1 N–H and O–H groups in total. The Balaban J connectivity index is 1.92. The predicted octanol–water partition coefficient (Wildman–Crippen LogP) is 5.02. The second-order valence-corrected chi connectivity index (χ2v) is 12.2. The van der Waals surface area contributed by atoms with Crippen molar-refractivity contribution in [3.8, 4) is 5.75 Å². The van der Waals surface area contributed by atoms with Gasteiger partial charge in [-0.05, 0) is 56.5 Å². The number of rotatable bonds is 11. The number of carbonyl (C=O) groups excluding carboxylic acids is 2. The Hall–Kier alpha value is -2.49. The smallest absolute Gasteiger partial charge is 0.244 e. The normalized spacial score (nSPS) is 15.0. The first-order chi connectivity index (χ1) is 18.0. The third kappa shape index (κ3) is 8.01. The van der Waals surface area contributed by atoms with E-state index < -0.39 is 28.5 Å². The molecule has 0 heterocycles. The standard InChI is InChI=1S/C27H35Cl2N3O5S/c1-4-37-25-13-9-8-12-24(25)32(38(3,35)36)18-26(33)31(17-20-14-15-22(28)23(29)16-20)19(2)27(34)30-21-10-6-5-7-11-21/h8-9,12-16,19,21H,4-7,10-11,17-18H2,1-3H3,(H,30,34)/t19-/m1/s1. The maximum Gasteiger partial charge on any atom is 0.244 e. The van der Waals surface area contributed by atoms with Crippen LogP contribution >= 0.6 is 23.2 Å². The SMILES string of the molecule is CCOc1ccccc1N(CC(=O)N(Cc1ccc(Cl)c(Cl)c1)[C@H](C)C(=O)NC1CCCCC1)S(C)(=O)=O. The van der Waals surface area contributed by atoms with E-state index in [1.54, 1.807) is 56.3 Å². The zero-order valence-electron chi connectivity index (χ0n) is 22.0. The van der Waals surface area contributed by atoms with Crippen LogP contribution in [0.5, 0.6) is 5.75 Å². The van der Waals surface area contributed by atoms with Gasteiger partial charge in [-0.3, -0.25) is 13.9 Å². The van der Waals surface area contributed by atoms with Gasteiger partial charge in [0.2, 0.25) is 21.8 Å². The fourth-order valence-corrected chi connectivity index (χ4v) is 5.70. The lowest BCUT2D eigenvalue weighted by Gasteiger charge is -2.33. The van der Waals surface area contributed by atoms with Gasteiger partial charge in [0.15, 0.2) is 0 Å². The third-order valence-electron chi connectivity index (χ3n) is 6.57. The molecule has 208 valence electrons. The second kappa shape index (κ2) is 13.5. The van der Waals surface area contributed by atoms with Crippen LogP contribution in [0.4, 0.5) is 5.69 Å². The summed E-state index contributed by atoms with van der Waals surface area (Å²) in [5.74, 6) is -0.489. The Labute approximate surface area is 235 Å². The van der Waals surface area contributed by atoms with Gasteiger partial charge in [0.25, 0.3) is 0 Å². The molecule has 0 aromatic heterocycles. The maximum atomic E-state index is 13.8. The first-order valence-corrected chi connectivity index (χ1v) is 15.3. The minimum Gasteiger partial charge on any atom is -0.492 e. The van der Waals surface area contributed by atoms with Crippen molar-refractivity contribution in [2.24, 2.45) is 0 Å². The van der Waals surface area contributed by atoms with Crippen LogP contribution in [-0.2, 0) is 26.2 Å². The molecule has 0 bridgehead atoms. The van der Waals surface area contributed by atoms with Crippen molar-refractivity contribution in [2.45, 2.75) is 64.6 Å². The summed E-state index contributed by atoms with van der Waals surface area (Å²) < 4.78 is 32.3. The summed E-state index contributed by atoms with van der Waals surface area (Å²) in [6, 6.07) is 10.8. The number of sulfonamides is 1. The average molecular weight is 585 g/mol. The van der Waals surface area contributed by atoms with Crippen molar-refractivity contribution in [2.75, 3.05) is 23.7 Å². The highest BCUT2D eigenvalue weighted by atomic mass is 35.5. The number of hydrogen-bond acceptors (Lipinski definition) is 5. The van der Waals surface area contributed by atoms with E-state index in [-0.39, 0.29) is 24.2 Å². The Bertz CT molecular complexity index is 1230. The van der Waals surface area contributed by atoms with E-state index in [4.69, 9.17) is 27.9 Å². The third-order valence-corrected chi connectivity index (χ3v) is 8.43. The number of anilines is 1. The summed E-state index contributed by atoms with van der Waals surface area (Å²) in [6.07, 6.45) is 6.08. The van der Waals surface area contributed by atoms with Crippen LogP contribution < -0.4 is 14.4 Å². The molecule has 11 heteroatoms. The van der Waals surface area contributed by atoms with Crippen molar-refractivity contribution in [3.63, 3.8) is 0 Å². The van der Waals surface area contributed by atoms with Crippen LogP contribution in [0, 0.1) is 0 Å². The second-order valence-electron chi connectivity index (χ2n) is 9.46. The van der Waals surface area contributed by atoms with Gasteiger partial charge < -0.3 is 15.0 Å². The fraction of sp³-hybridized carbons (Fsp3) is 0.481. The first kappa shape index (κ1) is 30.1. The average Bonchev–Trinajstić information content (AvgIpc) is 2.88. The van der Waals surface area contributed by atoms with Crippen molar-refractivity contribution in [1.29, 1.82) is 0 Å². The molecule has 2 aromatic carbocycles. The Morgan fingerprint density at radius 2 is 1.76 bits per heavy atom. The van der Waals surface area contributed by atoms with Crippen LogP contribution in [0.3, 0.4) is 0 Å². The highest BCUT2D eigenvalue weighted by Gasteiger charge is 2.32. The van der Waals surface area contributed by atoms with Crippen molar-refractivity contribution in [3.05, 3.63) is 58.1 Å². The Kier molecular flexibility index (Phi) is 10.7. The van der Waals surface area contributed by atoms with Crippen LogP contribution in [0.15, 0.2) is 42.5 Å². The lowest BCUT2D eigenvalue weighted by atomic mass is 9.95. The first-order valence-electron chi connectivity index (χ1n) is 12.7. The number of amides is 2. The van der Waals surface area contributed by atoms with Gasteiger partial charge in [0, 0.05) is 12.6 Å². The molecule has 1 saturated carbocycles. The van der Waals surface area contributed by atoms with Crippen molar-refractivity contribution < 1.29 is 22.7 Å². The van der Waals surface area contributed by atoms with E-state index in [2.05, 4.69) is 5.32 Å². The number of benzene rings is 2. The molecule has 0 radical (unpaired) electrons. The molecule has 1 aliphatic rings. The molecule has 1 aliphatic carbocycles. The molecule has 2 amide bonds. The Morgan fingerprint density at radius 1 is 1.08 bits per heavy atom. The molecule has 1 atom stereocenters. The number of carbonyl (C=O) groups is 2. The lowest BCUT2D eigenvalue weighted by Crippen LogP contribution is -2.53. The molecule has 0 saturated heterocycles. The highest BCUT2D eigenvalue weighted by Crippen LogP contribution is 2.30. The predicted molar refractivity (Wildman–Crippen MR) is 151 cm³/mol. The van der Waals surface area contributed by atoms with Gasteiger partial charge >= 0.3 is 0 Å². The van der Waals surface area contributed by atoms with Gasteiger partial charge in [0.05, 0.1) is 28.6 Å². The quantitative estimate of drug-likeness (QED) is 0.400. The van der Waals surface area contributed by atoms with Gasteiger partial charge in [0.1, 0.15) is 18.3 Å². The van der Waals surface area contributed by atoms with E-state index in [0.717, 1.165) is 42.7 Å². The molecule has 3 rings (SSSR count). The number of nitrogens with one attached hydrogen (secondary N) is 1. The topological polar surface area (TPSA) is 96.0 Å². The maximum absolute atomic E-state index is 13.8. The number of ether oxygens (including phenoxy) is 1. The van der Waals surface area contributed by atoms with E-state index in [9.17, 15) is 18.0 Å². The van der Waals surface area contributed by atoms with E-state index in [0.29, 0.717) is 28.0 Å². The number of para-hydroxylation sites is 2. The van der Waals surface area contributed by atoms with E-state index >= 15 is 0 Å². The largest absolute Gasteiger partial charge is 0.492 e. The van der Waals surface area contributed by atoms with Crippen molar-refractivity contribution >= 4 is 50.7 Å². The molecule has 0 unspecified atom stereocenters.